The minimum atomic E-state index is 0.113. The summed E-state index contributed by atoms with van der Waals surface area (Å²) in [5.41, 5.74) is 11.5. The van der Waals surface area contributed by atoms with Gasteiger partial charge < -0.3 is 0 Å². The first-order chi connectivity index (χ1) is 15.6. The second-order valence-corrected chi connectivity index (χ2v) is 16.0. The smallest absolute Gasteiger partial charge is 0.0126 e. The Bertz CT molecular complexity index is 1010. The van der Waals surface area contributed by atoms with Crippen molar-refractivity contribution in [3.63, 3.8) is 0 Å². The van der Waals surface area contributed by atoms with Crippen LogP contribution in [0.1, 0.15) is 149 Å². The lowest BCUT2D eigenvalue weighted by atomic mass is 9.68. The summed E-state index contributed by atoms with van der Waals surface area (Å²) in [7, 11) is 0. The molecule has 0 atom stereocenters. The van der Waals surface area contributed by atoms with Crippen LogP contribution in [0, 0.1) is 0 Å². The molecule has 2 aromatic carbocycles. The fraction of sp³-hybridized carbons (Fsp3) is 0.657. The molecule has 0 aromatic heterocycles. The quantitative estimate of drug-likeness (QED) is 0.411. The van der Waals surface area contributed by atoms with Crippen molar-refractivity contribution in [2.45, 2.75) is 150 Å². The molecule has 2 rings (SSSR count). The van der Waals surface area contributed by atoms with E-state index in [1.807, 2.05) is 0 Å². The first-order valence-electron chi connectivity index (χ1n) is 13.9. The minimum absolute atomic E-state index is 0.113. The lowest BCUT2D eigenvalue weighted by Crippen LogP contribution is -2.27. The second-order valence-electron chi connectivity index (χ2n) is 16.0. The van der Waals surface area contributed by atoms with Gasteiger partial charge in [-0.3, -0.25) is 0 Å². The zero-order valence-electron chi connectivity index (χ0n) is 26.0. The maximum Gasteiger partial charge on any atom is -0.0126 e. The predicted octanol–water partition coefficient (Wildman–Crippen LogP) is 10.3. The van der Waals surface area contributed by atoms with Crippen LogP contribution in [-0.2, 0) is 39.9 Å². The van der Waals surface area contributed by atoms with Gasteiger partial charge in [0.25, 0.3) is 0 Å². The number of aryl methyl sites for hydroxylation is 1. The van der Waals surface area contributed by atoms with E-state index in [2.05, 4.69) is 134 Å². The van der Waals surface area contributed by atoms with Gasteiger partial charge in [-0.1, -0.05) is 134 Å². The average molecular weight is 477 g/mol. The van der Waals surface area contributed by atoms with Gasteiger partial charge in [0.1, 0.15) is 0 Å². The summed E-state index contributed by atoms with van der Waals surface area (Å²) < 4.78 is 0. The lowest BCUT2D eigenvalue weighted by molar-refractivity contribution is 0.511. The molecule has 0 aliphatic rings. The third-order valence-corrected chi connectivity index (χ3v) is 7.26. The fourth-order valence-corrected chi connectivity index (χ4v) is 5.87. The van der Waals surface area contributed by atoms with E-state index in [4.69, 9.17) is 0 Å². The molecule has 35 heavy (non-hydrogen) atoms. The van der Waals surface area contributed by atoms with Crippen LogP contribution in [-0.4, -0.2) is 0 Å². The largest absolute Gasteiger partial charge is 0.0617 e. The normalized spacial score (nSPS) is 13.9. The predicted molar refractivity (Wildman–Crippen MR) is 158 cm³/mol. The molecule has 0 spiro atoms. The second kappa shape index (κ2) is 9.72. The van der Waals surface area contributed by atoms with E-state index in [1.165, 1.54) is 28.7 Å². The van der Waals surface area contributed by atoms with Crippen LogP contribution in [0.3, 0.4) is 0 Å². The van der Waals surface area contributed by atoms with E-state index in [0.29, 0.717) is 0 Å². The first-order valence-corrected chi connectivity index (χ1v) is 13.9. The van der Waals surface area contributed by atoms with Crippen LogP contribution in [0.5, 0.6) is 0 Å². The number of hydrogen-bond acceptors (Lipinski definition) is 0. The van der Waals surface area contributed by atoms with Crippen molar-refractivity contribution in [2.75, 3.05) is 0 Å². The molecule has 0 saturated carbocycles. The molecule has 0 amide bonds. The summed E-state index contributed by atoms with van der Waals surface area (Å²) in [5, 5.41) is 0. The van der Waals surface area contributed by atoms with Crippen LogP contribution < -0.4 is 0 Å². The van der Waals surface area contributed by atoms with Gasteiger partial charge in [0.15, 0.2) is 0 Å². The Hall–Kier alpha value is -1.56. The number of rotatable bonds is 4. The Kier molecular flexibility index (Phi) is 8.24. The third-order valence-electron chi connectivity index (χ3n) is 7.26. The molecule has 2 aromatic rings. The summed E-state index contributed by atoms with van der Waals surface area (Å²) in [6.45, 7) is 35.6. The Labute approximate surface area is 219 Å². The van der Waals surface area contributed by atoms with Crippen LogP contribution >= 0.6 is 0 Å². The van der Waals surface area contributed by atoms with Crippen molar-refractivity contribution >= 4 is 0 Å². The van der Waals surface area contributed by atoms with Crippen molar-refractivity contribution < 1.29 is 0 Å². The van der Waals surface area contributed by atoms with Gasteiger partial charge in [0.05, 0.1) is 0 Å². The van der Waals surface area contributed by atoms with Crippen molar-refractivity contribution in [1.29, 1.82) is 0 Å². The highest BCUT2D eigenvalue weighted by Crippen LogP contribution is 2.42. The Morgan fingerprint density at radius 2 is 0.857 bits per heavy atom. The molecule has 0 unspecified atom stereocenters. The zero-order valence-corrected chi connectivity index (χ0v) is 26.0. The van der Waals surface area contributed by atoms with Gasteiger partial charge in [-0.25, -0.2) is 0 Å². The van der Waals surface area contributed by atoms with Crippen molar-refractivity contribution in [1.82, 2.24) is 0 Å². The van der Waals surface area contributed by atoms with Crippen molar-refractivity contribution in [3.8, 4) is 0 Å². The van der Waals surface area contributed by atoms with E-state index < -0.39 is 0 Å². The standard InChI is InChI=1S/C35H56/c1-31(2,3)26-22-23-28(33(7,8)9)30(35(13,14)15)25(26)20-16-18-24-19-17-21-27(32(4,5)6)29(24)34(10,11)12/h17,19,21-23H,16,18,20H2,1-15H3. The number of hydrogen-bond donors (Lipinski definition) is 0. The summed E-state index contributed by atoms with van der Waals surface area (Å²) in [6.07, 6.45) is 3.44. The summed E-state index contributed by atoms with van der Waals surface area (Å²) >= 11 is 0. The Balaban J connectivity index is 2.61. The summed E-state index contributed by atoms with van der Waals surface area (Å²) in [4.78, 5) is 0. The third kappa shape index (κ3) is 7.02. The lowest BCUT2D eigenvalue weighted by Gasteiger charge is -2.36. The van der Waals surface area contributed by atoms with Crippen LogP contribution in [0.2, 0.25) is 0 Å². The van der Waals surface area contributed by atoms with Gasteiger partial charge in [-0.15, -0.1) is 0 Å². The van der Waals surface area contributed by atoms with Crippen molar-refractivity contribution in [2.24, 2.45) is 0 Å². The molecule has 0 heteroatoms. The van der Waals surface area contributed by atoms with Gasteiger partial charge in [-0.05, 0) is 85.3 Å². The first kappa shape index (κ1) is 29.7. The van der Waals surface area contributed by atoms with E-state index in [-0.39, 0.29) is 27.1 Å². The molecular formula is C35H56. The highest BCUT2D eigenvalue weighted by atomic mass is 14.4. The monoisotopic (exact) mass is 476 g/mol. The molecule has 196 valence electrons. The molecule has 0 bridgehead atoms. The maximum atomic E-state index is 2.44. The topological polar surface area (TPSA) is 0 Å². The van der Waals surface area contributed by atoms with Gasteiger partial charge in [0.2, 0.25) is 0 Å². The number of benzene rings is 2. The summed E-state index contributed by atoms with van der Waals surface area (Å²) in [6, 6.07) is 11.9. The summed E-state index contributed by atoms with van der Waals surface area (Å²) in [5.74, 6) is 0. The highest BCUT2D eigenvalue weighted by Gasteiger charge is 2.32. The molecule has 0 aliphatic heterocycles. The maximum absolute atomic E-state index is 2.44. The fourth-order valence-electron chi connectivity index (χ4n) is 5.87. The molecule has 0 radical (unpaired) electrons. The van der Waals surface area contributed by atoms with E-state index in [1.54, 1.807) is 16.7 Å². The van der Waals surface area contributed by atoms with E-state index in [9.17, 15) is 0 Å². The molecule has 0 nitrogen and oxygen atoms in total. The van der Waals surface area contributed by atoms with Crippen LogP contribution in [0.4, 0.5) is 0 Å². The zero-order chi connectivity index (χ0) is 27.2. The molecular weight excluding hydrogens is 420 g/mol. The van der Waals surface area contributed by atoms with E-state index in [0.717, 1.165) is 12.8 Å². The minimum Gasteiger partial charge on any atom is -0.0617 e. The van der Waals surface area contributed by atoms with Crippen LogP contribution in [0.25, 0.3) is 0 Å². The van der Waals surface area contributed by atoms with Gasteiger partial charge in [0, 0.05) is 0 Å². The highest BCUT2D eigenvalue weighted by molar-refractivity contribution is 5.50. The van der Waals surface area contributed by atoms with Crippen LogP contribution in [0.15, 0.2) is 30.3 Å². The molecule has 0 heterocycles. The SMILES string of the molecule is CC(C)(C)c1ccc(C(C)(C)C)c(C(C)(C)C)c1CCCc1cccc(C(C)(C)C)c1C(C)(C)C. The average Bonchev–Trinajstić information content (AvgIpc) is 2.63. The Morgan fingerprint density at radius 3 is 1.29 bits per heavy atom. The van der Waals surface area contributed by atoms with Gasteiger partial charge in [-0.2, -0.15) is 0 Å². The molecule has 0 saturated heterocycles. The van der Waals surface area contributed by atoms with E-state index >= 15 is 0 Å². The Morgan fingerprint density at radius 1 is 0.429 bits per heavy atom. The van der Waals surface area contributed by atoms with Gasteiger partial charge >= 0.3 is 0 Å². The molecule has 0 aliphatic carbocycles. The molecule has 0 N–H and O–H groups in total. The van der Waals surface area contributed by atoms with Crippen molar-refractivity contribution in [3.05, 3.63) is 69.3 Å². The molecule has 0 fully saturated rings.